The molecule has 16 nitrogen and oxygen atoms in total. The first kappa shape index (κ1) is 59.2. The van der Waals surface area contributed by atoms with Crippen LogP contribution in [0.5, 0.6) is 23.0 Å². The van der Waals surface area contributed by atoms with Crippen LogP contribution in [0.1, 0.15) is 53.4 Å². The van der Waals surface area contributed by atoms with Gasteiger partial charge in [-0.3, -0.25) is 0 Å². The van der Waals surface area contributed by atoms with Crippen molar-refractivity contribution in [2.45, 2.75) is 53.4 Å². The molecule has 0 aliphatic carbocycles. The van der Waals surface area contributed by atoms with Crippen molar-refractivity contribution in [3.8, 4) is 23.0 Å². The van der Waals surface area contributed by atoms with Crippen LogP contribution >= 0.6 is 0 Å². The maximum Gasteiger partial charge on any atom is 0.161 e. The van der Waals surface area contributed by atoms with Gasteiger partial charge in [-0.1, -0.05) is 51.0 Å². The topological polar surface area (TPSA) is 148 Å². The third kappa shape index (κ3) is 39.5. The van der Waals surface area contributed by atoms with E-state index in [2.05, 4.69) is 13.8 Å². The lowest BCUT2D eigenvalue weighted by Crippen LogP contribution is -2.14. The summed E-state index contributed by atoms with van der Waals surface area (Å²) < 4.78 is 88.2. The normalized spacial score (nSPS) is 11.1. The van der Waals surface area contributed by atoms with E-state index >= 15 is 0 Å². The smallest absolute Gasteiger partial charge is 0.161 e. The third-order valence-electron chi connectivity index (χ3n) is 8.31. The largest absolute Gasteiger partial charge is 0.487 e. The highest BCUT2D eigenvalue weighted by molar-refractivity contribution is 5.40. The molecule has 0 atom stereocenters. The maximum absolute atomic E-state index is 5.79. The van der Waals surface area contributed by atoms with Crippen molar-refractivity contribution in [1.29, 1.82) is 0 Å². The van der Waals surface area contributed by atoms with Gasteiger partial charge in [0.05, 0.1) is 132 Å². The Morgan fingerprint density at radius 2 is 0.422 bits per heavy atom. The van der Waals surface area contributed by atoms with Gasteiger partial charge in [-0.05, 0) is 51.0 Å². The molecule has 0 aromatic heterocycles. The van der Waals surface area contributed by atoms with E-state index in [4.69, 9.17) is 75.8 Å². The molecule has 2 aromatic carbocycles. The molecular formula is C48H84O16. The number of hydrogen-bond acceptors (Lipinski definition) is 16. The summed E-state index contributed by atoms with van der Waals surface area (Å²) >= 11 is 0. The van der Waals surface area contributed by atoms with Gasteiger partial charge in [-0.15, -0.1) is 0 Å². The van der Waals surface area contributed by atoms with Crippen molar-refractivity contribution >= 4 is 0 Å². The Balaban J connectivity index is 0.000000645. The van der Waals surface area contributed by atoms with Gasteiger partial charge in [0, 0.05) is 26.4 Å². The molecule has 2 aromatic rings. The second-order valence-electron chi connectivity index (χ2n) is 13.5. The Morgan fingerprint density at radius 3 is 0.625 bits per heavy atom. The first-order valence-electron chi connectivity index (χ1n) is 23.4. The molecule has 2 rings (SSSR count). The van der Waals surface area contributed by atoms with E-state index in [1.54, 1.807) is 0 Å². The Labute approximate surface area is 384 Å². The second-order valence-corrected chi connectivity index (χ2v) is 13.5. The molecule has 372 valence electrons. The van der Waals surface area contributed by atoms with Crippen LogP contribution in [0.15, 0.2) is 48.5 Å². The number of para-hydroxylation sites is 4. The summed E-state index contributed by atoms with van der Waals surface area (Å²) in [5, 5.41) is 0. The first-order chi connectivity index (χ1) is 31.8. The molecule has 16 heteroatoms. The van der Waals surface area contributed by atoms with Crippen molar-refractivity contribution in [3.63, 3.8) is 0 Å². The molecule has 0 heterocycles. The van der Waals surface area contributed by atoms with E-state index in [0.29, 0.717) is 195 Å². The van der Waals surface area contributed by atoms with Crippen LogP contribution in [0.25, 0.3) is 0 Å². The molecule has 0 aliphatic heterocycles. The number of hydrogen-bond donors (Lipinski definition) is 0. The molecule has 0 saturated carbocycles. The fraction of sp³-hybridized carbons (Fsp3) is 0.750. The van der Waals surface area contributed by atoms with Crippen molar-refractivity contribution in [2.24, 2.45) is 0 Å². The Bertz CT molecular complexity index is 1120. The lowest BCUT2D eigenvalue weighted by atomic mass is 10.3. The lowest BCUT2D eigenvalue weighted by Gasteiger charge is -2.13. The quantitative estimate of drug-likeness (QED) is 0.0646. The molecule has 0 amide bonds. The van der Waals surface area contributed by atoms with E-state index in [-0.39, 0.29) is 0 Å². The molecule has 0 unspecified atom stereocenters. The number of ether oxygens (including phenoxy) is 16. The second kappa shape index (κ2) is 49.6. The summed E-state index contributed by atoms with van der Waals surface area (Å²) in [7, 11) is 0. The average molecular weight is 917 g/mol. The fourth-order valence-electron chi connectivity index (χ4n) is 4.96. The zero-order chi connectivity index (χ0) is 45.9. The highest BCUT2D eigenvalue weighted by Crippen LogP contribution is 2.27. The Morgan fingerprint density at radius 1 is 0.234 bits per heavy atom. The van der Waals surface area contributed by atoms with Crippen LogP contribution in [0.3, 0.4) is 0 Å². The van der Waals surface area contributed by atoms with Crippen molar-refractivity contribution < 1.29 is 75.8 Å². The molecule has 0 spiro atoms. The predicted molar refractivity (Wildman–Crippen MR) is 246 cm³/mol. The monoisotopic (exact) mass is 917 g/mol. The minimum Gasteiger partial charge on any atom is -0.487 e. The van der Waals surface area contributed by atoms with Gasteiger partial charge in [0.25, 0.3) is 0 Å². The highest BCUT2D eigenvalue weighted by Gasteiger charge is 2.06. The van der Waals surface area contributed by atoms with Crippen LogP contribution in [-0.4, -0.2) is 185 Å². The molecule has 0 bridgehead atoms. The van der Waals surface area contributed by atoms with Gasteiger partial charge in [0.2, 0.25) is 0 Å². The van der Waals surface area contributed by atoms with Gasteiger partial charge in [-0.2, -0.15) is 0 Å². The Kier molecular flexibility index (Phi) is 45.9. The standard InChI is InChI=1S/C26H46O8.C22H38O8/c1-3-5-11-27-13-15-29-17-19-31-21-23-33-25-9-7-8-10-26(25)34-24-22-32-20-18-30-16-14-28-12-6-4-2;1-3-23-9-11-25-13-15-27-17-19-29-21-7-5-6-8-22(21)30-20-18-28-16-14-26-12-10-24-4-2/h7-10H,3-6,11-24H2,1-2H3;5-8H,3-4,9-20H2,1-2H3. The predicted octanol–water partition coefficient (Wildman–Crippen LogP) is 6.73. The van der Waals surface area contributed by atoms with E-state index in [0.717, 1.165) is 38.9 Å². The van der Waals surface area contributed by atoms with Crippen LogP contribution in [0.2, 0.25) is 0 Å². The van der Waals surface area contributed by atoms with Crippen molar-refractivity contribution in [1.82, 2.24) is 0 Å². The third-order valence-corrected chi connectivity index (χ3v) is 8.31. The Hall–Kier alpha value is -2.84. The fourth-order valence-corrected chi connectivity index (χ4v) is 4.96. The minimum absolute atomic E-state index is 0.439. The summed E-state index contributed by atoms with van der Waals surface area (Å²) in [6, 6.07) is 15.2. The van der Waals surface area contributed by atoms with Crippen molar-refractivity contribution in [3.05, 3.63) is 48.5 Å². The van der Waals surface area contributed by atoms with E-state index in [1.165, 1.54) is 0 Å². The summed E-state index contributed by atoms with van der Waals surface area (Å²) in [4.78, 5) is 0. The van der Waals surface area contributed by atoms with Crippen molar-refractivity contribution in [2.75, 3.05) is 185 Å². The number of benzene rings is 2. The summed E-state index contributed by atoms with van der Waals surface area (Å²) in [6.07, 6.45) is 4.48. The molecule has 0 aliphatic rings. The maximum atomic E-state index is 5.79. The number of unbranched alkanes of at least 4 members (excludes halogenated alkanes) is 2. The SMILES string of the molecule is CCCCOCCOCCOCCOc1ccccc1OCCOCCOCCOCCCC.CCOCCOCCOCCOc1ccccc1OCCOCCOCCOCC. The zero-order valence-electron chi connectivity index (χ0n) is 39.8. The first-order valence-corrected chi connectivity index (χ1v) is 23.4. The van der Waals surface area contributed by atoms with E-state index in [9.17, 15) is 0 Å². The molecule has 0 radical (unpaired) electrons. The van der Waals surface area contributed by atoms with Gasteiger partial charge in [0.1, 0.15) is 26.4 Å². The molecule has 0 fully saturated rings. The van der Waals surface area contributed by atoms with Crippen LogP contribution in [0, 0.1) is 0 Å². The summed E-state index contributed by atoms with van der Waals surface area (Å²) in [5.41, 5.74) is 0. The van der Waals surface area contributed by atoms with Gasteiger partial charge >= 0.3 is 0 Å². The van der Waals surface area contributed by atoms with Crippen LogP contribution < -0.4 is 18.9 Å². The number of rotatable bonds is 48. The average Bonchev–Trinajstić information content (AvgIpc) is 3.32. The van der Waals surface area contributed by atoms with Crippen LogP contribution in [-0.2, 0) is 56.8 Å². The van der Waals surface area contributed by atoms with E-state index in [1.807, 2.05) is 62.4 Å². The van der Waals surface area contributed by atoms with Gasteiger partial charge in [0.15, 0.2) is 23.0 Å². The van der Waals surface area contributed by atoms with Crippen LogP contribution in [0.4, 0.5) is 0 Å². The summed E-state index contributed by atoms with van der Waals surface area (Å²) in [6.45, 7) is 24.1. The highest BCUT2D eigenvalue weighted by atomic mass is 16.6. The lowest BCUT2D eigenvalue weighted by molar-refractivity contribution is 0.00745. The van der Waals surface area contributed by atoms with Gasteiger partial charge < -0.3 is 75.8 Å². The zero-order valence-corrected chi connectivity index (χ0v) is 39.8. The van der Waals surface area contributed by atoms with Gasteiger partial charge in [-0.25, -0.2) is 0 Å². The molecule has 64 heavy (non-hydrogen) atoms. The van der Waals surface area contributed by atoms with E-state index < -0.39 is 0 Å². The minimum atomic E-state index is 0.439. The molecular weight excluding hydrogens is 833 g/mol. The summed E-state index contributed by atoms with van der Waals surface area (Å²) in [5.74, 6) is 2.76. The molecule has 0 saturated heterocycles. The molecule has 0 N–H and O–H groups in total.